The Bertz CT molecular complexity index is 575. The lowest BCUT2D eigenvalue weighted by Gasteiger charge is -2.14. The van der Waals surface area contributed by atoms with Crippen LogP contribution in [0.25, 0.3) is 11.1 Å². The summed E-state index contributed by atoms with van der Waals surface area (Å²) < 4.78 is 0. The molecule has 2 aromatic carbocycles. The van der Waals surface area contributed by atoms with Crippen molar-refractivity contribution in [3.8, 4) is 11.1 Å². The fourth-order valence-corrected chi connectivity index (χ4v) is 2.72. The first-order valence-electron chi connectivity index (χ1n) is 6.44. The molecule has 2 aromatic rings. The normalized spacial score (nSPS) is 10.6. The van der Waals surface area contributed by atoms with Gasteiger partial charge in [-0.1, -0.05) is 41.5 Å². The molecule has 0 aromatic heterocycles. The SMILES string of the molecule is Cc1cc(C)cc(-c2c(C)cc(B(O)O)cc2C)c1. The van der Waals surface area contributed by atoms with Gasteiger partial charge < -0.3 is 10.0 Å². The molecule has 0 aliphatic heterocycles. The molecule has 3 heteroatoms. The number of aryl methyl sites for hydroxylation is 4. The summed E-state index contributed by atoms with van der Waals surface area (Å²) in [5.41, 5.74) is 7.51. The molecular formula is C16H19BO2. The van der Waals surface area contributed by atoms with Gasteiger partial charge in [-0.05, 0) is 55.4 Å². The Labute approximate surface area is 114 Å². The molecule has 2 nitrogen and oxygen atoms in total. The molecule has 2 N–H and O–H groups in total. The van der Waals surface area contributed by atoms with Crippen molar-refractivity contribution >= 4 is 12.6 Å². The fraction of sp³-hybridized carbons (Fsp3) is 0.250. The van der Waals surface area contributed by atoms with E-state index in [9.17, 15) is 10.0 Å². The zero-order valence-corrected chi connectivity index (χ0v) is 11.9. The molecule has 2 rings (SSSR count). The minimum absolute atomic E-state index is 0.545. The molecule has 0 saturated heterocycles. The van der Waals surface area contributed by atoms with Gasteiger partial charge in [0.2, 0.25) is 0 Å². The average molecular weight is 254 g/mol. The zero-order chi connectivity index (χ0) is 14.2. The second-order valence-electron chi connectivity index (χ2n) is 5.28. The Balaban J connectivity index is 2.62. The highest BCUT2D eigenvalue weighted by Crippen LogP contribution is 2.28. The summed E-state index contributed by atoms with van der Waals surface area (Å²) in [4.78, 5) is 0. The largest absolute Gasteiger partial charge is 0.488 e. The molecule has 0 atom stereocenters. The van der Waals surface area contributed by atoms with Crippen molar-refractivity contribution in [3.05, 3.63) is 52.6 Å². The molecule has 0 aliphatic rings. The van der Waals surface area contributed by atoms with Crippen LogP contribution in [0.5, 0.6) is 0 Å². The third-order valence-corrected chi connectivity index (χ3v) is 3.36. The van der Waals surface area contributed by atoms with Gasteiger partial charge >= 0.3 is 7.12 Å². The molecule has 0 fully saturated rings. The Hall–Kier alpha value is -1.58. The lowest BCUT2D eigenvalue weighted by Crippen LogP contribution is -2.30. The molecule has 0 spiro atoms. The predicted molar refractivity (Wildman–Crippen MR) is 80.7 cm³/mol. The van der Waals surface area contributed by atoms with E-state index < -0.39 is 7.12 Å². The molecule has 0 radical (unpaired) electrons. The maximum atomic E-state index is 9.28. The summed E-state index contributed by atoms with van der Waals surface area (Å²) in [6.45, 7) is 8.19. The van der Waals surface area contributed by atoms with Crippen molar-refractivity contribution < 1.29 is 10.0 Å². The maximum Gasteiger partial charge on any atom is 0.488 e. The average Bonchev–Trinajstić information content (AvgIpc) is 2.26. The van der Waals surface area contributed by atoms with Gasteiger partial charge in [0, 0.05) is 0 Å². The van der Waals surface area contributed by atoms with Gasteiger partial charge in [-0.15, -0.1) is 0 Å². The van der Waals surface area contributed by atoms with Crippen molar-refractivity contribution in [2.75, 3.05) is 0 Å². The molecule has 19 heavy (non-hydrogen) atoms. The third-order valence-electron chi connectivity index (χ3n) is 3.36. The molecule has 98 valence electrons. The first kappa shape index (κ1) is 13.8. The van der Waals surface area contributed by atoms with Crippen LogP contribution in [0.2, 0.25) is 0 Å². The van der Waals surface area contributed by atoms with Gasteiger partial charge in [0.25, 0.3) is 0 Å². The standard InChI is InChI=1S/C16H19BO2/c1-10-5-11(2)7-14(6-10)16-12(3)8-15(17(18)19)9-13(16)4/h5-9,18-19H,1-4H3. The first-order valence-corrected chi connectivity index (χ1v) is 6.44. The lowest BCUT2D eigenvalue weighted by molar-refractivity contribution is 0.425. The van der Waals surface area contributed by atoms with Crippen LogP contribution in [0, 0.1) is 27.7 Å². The van der Waals surface area contributed by atoms with E-state index in [1.807, 2.05) is 26.0 Å². The van der Waals surface area contributed by atoms with Gasteiger partial charge in [0.1, 0.15) is 0 Å². The van der Waals surface area contributed by atoms with Gasteiger partial charge in [-0.2, -0.15) is 0 Å². The van der Waals surface area contributed by atoms with Crippen LogP contribution in [0.3, 0.4) is 0 Å². The number of benzene rings is 2. The van der Waals surface area contributed by atoms with E-state index in [1.165, 1.54) is 22.3 Å². The zero-order valence-electron chi connectivity index (χ0n) is 11.9. The monoisotopic (exact) mass is 254 g/mol. The summed E-state index contributed by atoms with van der Waals surface area (Å²) in [5, 5.41) is 18.6. The Morgan fingerprint density at radius 2 is 1.21 bits per heavy atom. The van der Waals surface area contributed by atoms with Gasteiger partial charge in [0.15, 0.2) is 0 Å². The Morgan fingerprint density at radius 1 is 0.737 bits per heavy atom. The smallest absolute Gasteiger partial charge is 0.423 e. The first-order chi connectivity index (χ1) is 8.88. The Morgan fingerprint density at radius 3 is 1.63 bits per heavy atom. The summed E-state index contributed by atoms with van der Waals surface area (Å²) >= 11 is 0. The molecule has 0 bridgehead atoms. The van der Waals surface area contributed by atoms with E-state index >= 15 is 0 Å². The van der Waals surface area contributed by atoms with Gasteiger partial charge in [0.05, 0.1) is 0 Å². The number of hydrogen-bond donors (Lipinski definition) is 2. The van der Waals surface area contributed by atoms with Crippen molar-refractivity contribution in [3.63, 3.8) is 0 Å². The highest BCUT2D eigenvalue weighted by atomic mass is 16.4. The topological polar surface area (TPSA) is 40.5 Å². The maximum absolute atomic E-state index is 9.28. The van der Waals surface area contributed by atoms with E-state index in [-0.39, 0.29) is 0 Å². The highest BCUT2D eigenvalue weighted by Gasteiger charge is 2.15. The van der Waals surface area contributed by atoms with E-state index in [0.29, 0.717) is 5.46 Å². The second-order valence-corrected chi connectivity index (χ2v) is 5.28. The molecule has 0 heterocycles. The minimum atomic E-state index is -1.41. The quantitative estimate of drug-likeness (QED) is 0.807. The summed E-state index contributed by atoms with van der Waals surface area (Å²) in [5.74, 6) is 0. The van der Waals surface area contributed by atoms with Crippen molar-refractivity contribution in [1.82, 2.24) is 0 Å². The van der Waals surface area contributed by atoms with Crippen LogP contribution in [0.15, 0.2) is 30.3 Å². The fourth-order valence-electron chi connectivity index (χ4n) is 2.72. The van der Waals surface area contributed by atoms with Crippen molar-refractivity contribution in [2.45, 2.75) is 27.7 Å². The predicted octanol–water partition coefficient (Wildman–Crippen LogP) is 2.27. The summed E-state index contributed by atoms with van der Waals surface area (Å²) in [6.07, 6.45) is 0. The van der Waals surface area contributed by atoms with Crippen LogP contribution in [0.4, 0.5) is 0 Å². The van der Waals surface area contributed by atoms with Gasteiger partial charge in [-0.3, -0.25) is 0 Å². The second kappa shape index (κ2) is 5.20. The minimum Gasteiger partial charge on any atom is -0.423 e. The van der Waals surface area contributed by atoms with Gasteiger partial charge in [-0.25, -0.2) is 0 Å². The highest BCUT2D eigenvalue weighted by molar-refractivity contribution is 6.58. The van der Waals surface area contributed by atoms with Crippen LogP contribution < -0.4 is 5.46 Å². The van der Waals surface area contributed by atoms with Crippen LogP contribution >= 0.6 is 0 Å². The summed E-state index contributed by atoms with van der Waals surface area (Å²) in [7, 11) is -1.41. The van der Waals surface area contributed by atoms with Crippen LogP contribution in [0.1, 0.15) is 22.3 Å². The Kier molecular flexibility index (Phi) is 3.79. The van der Waals surface area contributed by atoms with E-state index in [4.69, 9.17) is 0 Å². The lowest BCUT2D eigenvalue weighted by atomic mass is 9.77. The van der Waals surface area contributed by atoms with Crippen LogP contribution in [-0.2, 0) is 0 Å². The van der Waals surface area contributed by atoms with E-state index in [1.54, 1.807) is 0 Å². The molecular weight excluding hydrogens is 235 g/mol. The summed E-state index contributed by atoms with van der Waals surface area (Å²) in [6, 6.07) is 10.2. The number of rotatable bonds is 2. The van der Waals surface area contributed by atoms with E-state index in [2.05, 4.69) is 32.0 Å². The van der Waals surface area contributed by atoms with Crippen molar-refractivity contribution in [1.29, 1.82) is 0 Å². The van der Waals surface area contributed by atoms with Crippen molar-refractivity contribution in [2.24, 2.45) is 0 Å². The molecule has 0 aliphatic carbocycles. The third kappa shape index (κ3) is 2.88. The number of hydrogen-bond acceptors (Lipinski definition) is 2. The molecule has 0 unspecified atom stereocenters. The van der Waals surface area contributed by atoms with Crippen LogP contribution in [-0.4, -0.2) is 17.2 Å². The van der Waals surface area contributed by atoms with E-state index in [0.717, 1.165) is 11.1 Å². The molecule has 0 saturated carbocycles. The molecule has 0 amide bonds.